The molecule has 1 aromatic rings. The minimum Gasteiger partial charge on any atom is -0.481 e. The number of carbonyl (C=O) groups is 3. The number of fused-ring (bicyclic) bond motifs is 4. The van der Waals surface area contributed by atoms with Gasteiger partial charge in [-0.2, -0.15) is 0 Å². The number of carboxylic acids is 1. The van der Waals surface area contributed by atoms with E-state index in [4.69, 9.17) is 9.84 Å². The van der Waals surface area contributed by atoms with E-state index in [1.165, 1.54) is 16.2 Å². The number of aliphatic carboxylic acids is 1. The number of rotatable bonds is 4. The van der Waals surface area contributed by atoms with Crippen molar-refractivity contribution in [2.24, 2.45) is 23.2 Å². The highest BCUT2D eigenvalue weighted by Crippen LogP contribution is 2.59. The Kier molecular flexibility index (Phi) is 4.72. The summed E-state index contributed by atoms with van der Waals surface area (Å²) in [6.45, 7) is 6.41. The second-order valence-corrected chi connectivity index (χ2v) is 9.89. The molecule has 1 saturated heterocycles. The predicted molar refractivity (Wildman–Crippen MR) is 103 cm³/mol. The maximum absolute atomic E-state index is 12.2. The number of hydrogen-bond acceptors (Lipinski definition) is 6. The molecule has 2 N–H and O–H groups in total. The van der Waals surface area contributed by atoms with Crippen LogP contribution in [0.4, 0.5) is 5.13 Å². The molecule has 3 aliphatic rings. The summed E-state index contributed by atoms with van der Waals surface area (Å²) in [5.74, 6) is -0.795. The quantitative estimate of drug-likeness (QED) is 0.744. The molecule has 1 amide bonds. The molecule has 1 saturated carbocycles. The minimum absolute atomic E-state index is 0.0392. The Morgan fingerprint density at radius 2 is 2.07 bits per heavy atom. The van der Waals surface area contributed by atoms with Crippen molar-refractivity contribution in [3.05, 3.63) is 10.6 Å². The normalized spacial score (nSPS) is 36.1. The van der Waals surface area contributed by atoms with E-state index in [0.29, 0.717) is 5.13 Å². The molecule has 6 unspecified atom stereocenters. The summed E-state index contributed by atoms with van der Waals surface area (Å²) in [4.78, 5) is 40.7. The highest BCUT2D eigenvalue weighted by molar-refractivity contribution is 7.15. The van der Waals surface area contributed by atoms with Crippen LogP contribution in [0, 0.1) is 23.2 Å². The van der Waals surface area contributed by atoms with E-state index in [1.54, 1.807) is 0 Å². The fraction of sp³-hybridized carbons (Fsp3) is 0.700. The number of carbonyl (C=O) groups excluding carboxylic acids is 2. The molecule has 2 aliphatic carbocycles. The Labute approximate surface area is 167 Å². The topological polar surface area (TPSA) is 106 Å². The van der Waals surface area contributed by atoms with E-state index in [1.807, 2.05) is 6.92 Å². The molecule has 2 fully saturated rings. The van der Waals surface area contributed by atoms with E-state index < -0.39 is 5.97 Å². The zero-order valence-electron chi connectivity index (χ0n) is 16.4. The molecule has 152 valence electrons. The SMILES string of the molecule is CC1C(=O)OC2C1CCC1(C)Cc3sc(NC(=O)CCC(=O)O)nc3C(C)C21. The maximum Gasteiger partial charge on any atom is 0.309 e. The maximum atomic E-state index is 12.2. The molecule has 4 rings (SSSR count). The van der Waals surface area contributed by atoms with E-state index in [2.05, 4.69) is 24.1 Å². The summed E-state index contributed by atoms with van der Waals surface area (Å²) in [5.41, 5.74) is 1.03. The third-order valence-corrected chi connectivity index (χ3v) is 7.96. The number of anilines is 1. The van der Waals surface area contributed by atoms with Crippen LogP contribution in [0.1, 0.15) is 62.9 Å². The van der Waals surface area contributed by atoms with Crippen molar-refractivity contribution >= 4 is 34.3 Å². The van der Waals surface area contributed by atoms with Crippen molar-refractivity contribution in [1.29, 1.82) is 0 Å². The average molecular weight is 407 g/mol. The van der Waals surface area contributed by atoms with Crippen LogP contribution in [0.5, 0.6) is 0 Å². The van der Waals surface area contributed by atoms with Crippen molar-refractivity contribution in [2.45, 2.75) is 64.9 Å². The fourth-order valence-corrected chi connectivity index (χ4v) is 6.81. The first kappa shape index (κ1) is 19.4. The molecule has 1 aliphatic heterocycles. The smallest absolute Gasteiger partial charge is 0.309 e. The lowest BCUT2D eigenvalue weighted by atomic mass is 9.54. The number of esters is 1. The van der Waals surface area contributed by atoms with E-state index >= 15 is 0 Å². The largest absolute Gasteiger partial charge is 0.481 e. The van der Waals surface area contributed by atoms with Gasteiger partial charge in [0.05, 0.1) is 18.0 Å². The zero-order valence-corrected chi connectivity index (χ0v) is 17.2. The summed E-state index contributed by atoms with van der Waals surface area (Å²) >= 11 is 1.48. The van der Waals surface area contributed by atoms with Gasteiger partial charge in [0.15, 0.2) is 5.13 Å². The summed E-state index contributed by atoms with van der Waals surface area (Å²) in [7, 11) is 0. The van der Waals surface area contributed by atoms with Crippen molar-refractivity contribution < 1.29 is 24.2 Å². The van der Waals surface area contributed by atoms with Gasteiger partial charge in [0.25, 0.3) is 0 Å². The lowest BCUT2D eigenvalue weighted by Crippen LogP contribution is -2.50. The first-order chi connectivity index (χ1) is 13.2. The van der Waals surface area contributed by atoms with Crippen LogP contribution in [0.25, 0.3) is 0 Å². The Balaban J connectivity index is 1.57. The second kappa shape index (κ2) is 6.83. The average Bonchev–Trinajstić information content (AvgIpc) is 3.13. The first-order valence-corrected chi connectivity index (χ1v) is 10.7. The zero-order chi connectivity index (χ0) is 20.2. The Morgan fingerprint density at radius 1 is 1.32 bits per heavy atom. The summed E-state index contributed by atoms with van der Waals surface area (Å²) in [6.07, 6.45) is 2.62. The predicted octanol–water partition coefficient (Wildman–Crippen LogP) is 3.20. The van der Waals surface area contributed by atoms with Crippen LogP contribution < -0.4 is 5.32 Å². The van der Waals surface area contributed by atoms with Gasteiger partial charge in [-0.1, -0.05) is 20.8 Å². The number of carboxylic acid groups (broad SMARTS) is 1. The monoisotopic (exact) mass is 406 g/mol. The van der Waals surface area contributed by atoms with Crippen LogP contribution in [-0.2, 0) is 25.5 Å². The highest BCUT2D eigenvalue weighted by atomic mass is 32.1. The summed E-state index contributed by atoms with van der Waals surface area (Å²) in [6, 6.07) is 0. The number of amides is 1. The third-order valence-electron chi connectivity index (χ3n) is 6.97. The Hall–Kier alpha value is -1.96. The summed E-state index contributed by atoms with van der Waals surface area (Å²) < 4.78 is 5.83. The van der Waals surface area contributed by atoms with Gasteiger partial charge in [-0.15, -0.1) is 11.3 Å². The van der Waals surface area contributed by atoms with E-state index in [-0.39, 0.29) is 59.9 Å². The summed E-state index contributed by atoms with van der Waals surface area (Å²) in [5, 5.41) is 12.0. The van der Waals surface area contributed by atoms with Crippen LogP contribution in [-0.4, -0.2) is 34.0 Å². The van der Waals surface area contributed by atoms with Gasteiger partial charge in [-0.3, -0.25) is 14.4 Å². The number of nitrogens with one attached hydrogen (secondary N) is 1. The molecule has 1 aromatic heterocycles. The lowest BCUT2D eigenvalue weighted by molar-refractivity contribution is -0.149. The van der Waals surface area contributed by atoms with Crippen LogP contribution >= 0.6 is 11.3 Å². The Bertz CT molecular complexity index is 837. The van der Waals surface area contributed by atoms with E-state index in [9.17, 15) is 14.4 Å². The number of thiazole rings is 1. The van der Waals surface area contributed by atoms with Crippen LogP contribution in [0.3, 0.4) is 0 Å². The molecule has 0 radical (unpaired) electrons. The number of ether oxygens (including phenoxy) is 1. The standard InChI is InChI=1S/C20H26N2O5S/c1-9-11-6-7-20(3)8-12-16(10(2)15(20)17(11)27-18(9)26)22-19(28-12)21-13(23)4-5-14(24)25/h9-11,15,17H,4-8H2,1-3H3,(H,24,25)(H,21,22,23). The van der Waals surface area contributed by atoms with Gasteiger partial charge in [0.2, 0.25) is 5.91 Å². The molecule has 7 nitrogen and oxygen atoms in total. The first-order valence-electron chi connectivity index (χ1n) is 9.91. The van der Waals surface area contributed by atoms with Gasteiger partial charge in [-0.05, 0) is 24.7 Å². The molecule has 8 heteroatoms. The van der Waals surface area contributed by atoms with Crippen molar-refractivity contribution in [3.8, 4) is 0 Å². The third kappa shape index (κ3) is 3.11. The molecular formula is C20H26N2O5S. The molecule has 0 aromatic carbocycles. The second-order valence-electron chi connectivity index (χ2n) is 8.81. The number of hydrogen-bond donors (Lipinski definition) is 2. The number of aromatic nitrogens is 1. The molecular weight excluding hydrogens is 380 g/mol. The van der Waals surface area contributed by atoms with Gasteiger partial charge < -0.3 is 15.2 Å². The molecule has 0 spiro atoms. The molecule has 0 bridgehead atoms. The van der Waals surface area contributed by atoms with Crippen molar-refractivity contribution in [2.75, 3.05) is 5.32 Å². The molecule has 28 heavy (non-hydrogen) atoms. The van der Waals surface area contributed by atoms with Gasteiger partial charge in [0, 0.05) is 29.1 Å². The van der Waals surface area contributed by atoms with Gasteiger partial charge in [0.1, 0.15) is 6.10 Å². The van der Waals surface area contributed by atoms with Gasteiger partial charge >= 0.3 is 11.9 Å². The molecule has 6 atom stereocenters. The fourth-order valence-electron chi connectivity index (χ4n) is 5.53. The number of nitrogens with zero attached hydrogens (tertiary/aromatic N) is 1. The van der Waals surface area contributed by atoms with Gasteiger partial charge in [-0.25, -0.2) is 4.98 Å². The lowest BCUT2D eigenvalue weighted by Gasteiger charge is -2.51. The minimum atomic E-state index is -0.992. The van der Waals surface area contributed by atoms with Crippen LogP contribution in [0.15, 0.2) is 0 Å². The van der Waals surface area contributed by atoms with Crippen molar-refractivity contribution in [3.63, 3.8) is 0 Å². The Morgan fingerprint density at radius 3 is 2.79 bits per heavy atom. The van der Waals surface area contributed by atoms with Crippen LogP contribution in [0.2, 0.25) is 0 Å². The highest BCUT2D eigenvalue weighted by Gasteiger charge is 2.58. The van der Waals surface area contributed by atoms with Crippen molar-refractivity contribution in [1.82, 2.24) is 4.98 Å². The molecule has 2 heterocycles. The van der Waals surface area contributed by atoms with E-state index in [0.717, 1.165) is 25.0 Å².